The Balaban J connectivity index is 1.16. The minimum absolute atomic E-state index is 0.0612. The van der Waals surface area contributed by atoms with Crippen molar-refractivity contribution in [2.45, 2.75) is 83.0 Å². The number of carbonyl (C=O) groups is 2. The second-order valence-electron chi connectivity index (χ2n) is 12.3. The number of ketones is 2. The molecule has 1 unspecified atom stereocenters. The normalized spacial score (nSPS) is 19.4. The van der Waals surface area contributed by atoms with E-state index in [4.69, 9.17) is 0 Å². The summed E-state index contributed by atoms with van der Waals surface area (Å²) in [6.07, 6.45) is 11.2. The van der Waals surface area contributed by atoms with Crippen molar-refractivity contribution in [3.8, 4) is 0 Å². The molecule has 3 aromatic rings. The van der Waals surface area contributed by atoms with Crippen LogP contribution in [0.5, 0.6) is 0 Å². The van der Waals surface area contributed by atoms with E-state index in [1.54, 1.807) is 0 Å². The van der Waals surface area contributed by atoms with Crippen LogP contribution in [0.4, 0.5) is 0 Å². The van der Waals surface area contributed by atoms with Gasteiger partial charge >= 0.3 is 0 Å². The lowest BCUT2D eigenvalue weighted by atomic mass is 9.86. The predicted molar refractivity (Wildman–Crippen MR) is 169 cm³/mol. The molecule has 2 heteroatoms. The molecule has 0 N–H and O–H groups in total. The Kier molecular flexibility index (Phi) is 9.83. The van der Waals surface area contributed by atoms with Crippen LogP contribution < -0.4 is 0 Å². The molecule has 0 saturated heterocycles. The van der Waals surface area contributed by atoms with Crippen LogP contribution in [0.2, 0.25) is 0 Å². The van der Waals surface area contributed by atoms with Crippen molar-refractivity contribution >= 4 is 11.6 Å². The summed E-state index contributed by atoms with van der Waals surface area (Å²) >= 11 is 0. The molecule has 5 rings (SSSR count). The highest BCUT2D eigenvalue weighted by molar-refractivity contribution is 5.86. The van der Waals surface area contributed by atoms with Crippen LogP contribution >= 0.6 is 0 Å². The lowest BCUT2D eigenvalue weighted by Crippen LogP contribution is -2.15. The average molecular weight is 545 g/mol. The molecular formula is C39H44O2. The Hall–Kier alpha value is -3.52. The molecule has 212 valence electrons. The van der Waals surface area contributed by atoms with Gasteiger partial charge in [0.15, 0.2) is 0 Å². The molecule has 41 heavy (non-hydrogen) atoms. The maximum Gasteiger partial charge on any atom is 0.144 e. The van der Waals surface area contributed by atoms with Crippen LogP contribution in [-0.2, 0) is 35.3 Å². The van der Waals surface area contributed by atoms with E-state index in [1.807, 2.05) is 0 Å². The molecule has 0 aromatic heterocycles. The number of aryl methyl sites for hydroxylation is 2. The first-order valence-electron chi connectivity index (χ1n) is 15.6. The quantitative estimate of drug-likeness (QED) is 0.201. The van der Waals surface area contributed by atoms with Gasteiger partial charge in [0.05, 0.1) is 0 Å². The first-order valence-corrected chi connectivity index (χ1v) is 15.6. The standard InChI is InChI=1S/C39H44O2/c1-28-8-6-12-36(28)38(40)25-23-31-16-14-30(15-17-31)22-24-35(34-10-4-3-5-11-34)26-32-18-20-33(21-19-32)27-39(41)37-13-7-9-29(37)2/h3-5,10-11,14-21,35-37H,1-2,6-9,12-13,22-27H2/t35?,36-,37-/m1/s1. The fourth-order valence-electron chi connectivity index (χ4n) is 6.77. The van der Waals surface area contributed by atoms with Crippen molar-refractivity contribution in [3.05, 3.63) is 131 Å². The summed E-state index contributed by atoms with van der Waals surface area (Å²) in [7, 11) is 0. The molecule has 2 fully saturated rings. The van der Waals surface area contributed by atoms with Crippen molar-refractivity contribution < 1.29 is 9.59 Å². The number of carbonyl (C=O) groups excluding carboxylic acids is 2. The lowest BCUT2D eigenvalue weighted by molar-refractivity contribution is -0.122. The predicted octanol–water partition coefficient (Wildman–Crippen LogP) is 8.97. The van der Waals surface area contributed by atoms with Gasteiger partial charge in [-0.1, -0.05) is 103 Å². The highest BCUT2D eigenvalue weighted by atomic mass is 16.1. The monoisotopic (exact) mass is 544 g/mol. The molecule has 0 bridgehead atoms. The number of hydrogen-bond donors (Lipinski definition) is 0. The number of rotatable bonds is 13. The zero-order valence-corrected chi connectivity index (χ0v) is 24.5. The van der Waals surface area contributed by atoms with Gasteiger partial charge in [-0.05, 0) is 97.9 Å². The Labute approximate surface area is 246 Å². The lowest BCUT2D eigenvalue weighted by Gasteiger charge is -2.18. The van der Waals surface area contributed by atoms with Crippen LogP contribution in [0.3, 0.4) is 0 Å². The molecule has 0 spiro atoms. The van der Waals surface area contributed by atoms with Gasteiger partial charge in [-0.15, -0.1) is 0 Å². The van der Waals surface area contributed by atoms with Crippen molar-refractivity contribution in [3.63, 3.8) is 0 Å². The number of allylic oxidation sites excluding steroid dienone is 2. The summed E-state index contributed by atoms with van der Waals surface area (Å²) in [6, 6.07) is 28.4. The van der Waals surface area contributed by atoms with E-state index in [9.17, 15) is 9.59 Å². The molecule has 3 atom stereocenters. The van der Waals surface area contributed by atoms with Gasteiger partial charge < -0.3 is 0 Å². The van der Waals surface area contributed by atoms with Gasteiger partial charge in [-0.2, -0.15) is 0 Å². The van der Waals surface area contributed by atoms with Crippen molar-refractivity contribution in [1.82, 2.24) is 0 Å². The summed E-state index contributed by atoms with van der Waals surface area (Å²) in [6.45, 7) is 8.21. The van der Waals surface area contributed by atoms with E-state index in [2.05, 4.69) is 92.0 Å². The van der Waals surface area contributed by atoms with E-state index in [0.717, 1.165) is 80.9 Å². The average Bonchev–Trinajstić information content (AvgIpc) is 3.63. The van der Waals surface area contributed by atoms with E-state index in [0.29, 0.717) is 30.3 Å². The number of benzene rings is 3. The highest BCUT2D eigenvalue weighted by Crippen LogP contribution is 2.32. The Morgan fingerprint density at radius 3 is 1.78 bits per heavy atom. The fourth-order valence-corrected chi connectivity index (χ4v) is 6.77. The van der Waals surface area contributed by atoms with Gasteiger partial charge in [-0.3, -0.25) is 9.59 Å². The molecule has 0 aliphatic heterocycles. The number of hydrogen-bond acceptors (Lipinski definition) is 2. The fraction of sp³-hybridized carbons (Fsp3) is 0.385. The minimum Gasteiger partial charge on any atom is -0.299 e. The van der Waals surface area contributed by atoms with Crippen LogP contribution in [0, 0.1) is 11.8 Å². The molecule has 2 saturated carbocycles. The highest BCUT2D eigenvalue weighted by Gasteiger charge is 2.26. The Bertz CT molecular complexity index is 1350. The molecular weight excluding hydrogens is 500 g/mol. The van der Waals surface area contributed by atoms with E-state index < -0.39 is 0 Å². The van der Waals surface area contributed by atoms with E-state index in [-0.39, 0.29) is 11.8 Å². The van der Waals surface area contributed by atoms with Gasteiger partial charge in [0.25, 0.3) is 0 Å². The van der Waals surface area contributed by atoms with Crippen LogP contribution in [0.1, 0.15) is 85.1 Å². The third kappa shape index (κ3) is 7.82. The maximum absolute atomic E-state index is 12.8. The Morgan fingerprint density at radius 1 is 0.659 bits per heavy atom. The van der Waals surface area contributed by atoms with Crippen molar-refractivity contribution in [2.75, 3.05) is 0 Å². The smallest absolute Gasteiger partial charge is 0.144 e. The van der Waals surface area contributed by atoms with Crippen LogP contribution in [0.25, 0.3) is 0 Å². The van der Waals surface area contributed by atoms with Gasteiger partial charge in [0.2, 0.25) is 0 Å². The maximum atomic E-state index is 12.8. The molecule has 3 aromatic carbocycles. The van der Waals surface area contributed by atoms with Crippen LogP contribution in [-0.4, -0.2) is 11.6 Å². The second-order valence-corrected chi connectivity index (χ2v) is 12.3. The number of Topliss-reactive ketones (excluding diaryl/α,β-unsaturated/α-hetero) is 2. The summed E-state index contributed by atoms with van der Waals surface area (Å²) in [5.74, 6) is 1.26. The van der Waals surface area contributed by atoms with E-state index in [1.165, 1.54) is 22.3 Å². The molecule has 2 aliphatic rings. The zero-order chi connectivity index (χ0) is 28.6. The Morgan fingerprint density at radius 2 is 1.20 bits per heavy atom. The first-order chi connectivity index (χ1) is 20.0. The first kappa shape index (κ1) is 29.0. The van der Waals surface area contributed by atoms with Gasteiger partial charge in [0.1, 0.15) is 11.6 Å². The molecule has 2 aliphatic carbocycles. The largest absolute Gasteiger partial charge is 0.299 e. The summed E-state index contributed by atoms with van der Waals surface area (Å²) < 4.78 is 0. The molecule has 0 amide bonds. The molecule has 0 heterocycles. The van der Waals surface area contributed by atoms with Crippen LogP contribution in [0.15, 0.2) is 103 Å². The van der Waals surface area contributed by atoms with Gasteiger partial charge in [0, 0.05) is 24.7 Å². The van der Waals surface area contributed by atoms with Crippen molar-refractivity contribution in [1.29, 1.82) is 0 Å². The summed E-state index contributed by atoms with van der Waals surface area (Å²) in [5.41, 5.74) is 8.61. The third-order valence-electron chi connectivity index (χ3n) is 9.36. The zero-order valence-electron chi connectivity index (χ0n) is 24.5. The van der Waals surface area contributed by atoms with Gasteiger partial charge in [-0.25, -0.2) is 0 Å². The van der Waals surface area contributed by atoms with Crippen molar-refractivity contribution in [2.24, 2.45) is 11.8 Å². The second kappa shape index (κ2) is 13.9. The van der Waals surface area contributed by atoms with E-state index >= 15 is 0 Å². The summed E-state index contributed by atoms with van der Waals surface area (Å²) in [5, 5.41) is 0. The molecule has 2 nitrogen and oxygen atoms in total. The summed E-state index contributed by atoms with van der Waals surface area (Å²) in [4.78, 5) is 25.4. The SMILES string of the molecule is C=C1CCC[C@H]1C(=O)CCc1ccc(CCC(Cc2ccc(CC(=O)[C@@H]3CCCC3=C)cc2)c2ccccc2)cc1. The topological polar surface area (TPSA) is 34.1 Å². The third-order valence-corrected chi connectivity index (χ3v) is 9.36. The molecule has 0 radical (unpaired) electrons. The minimum atomic E-state index is 0.0612.